The van der Waals surface area contributed by atoms with Crippen LogP contribution >= 0.6 is 0 Å². The molecule has 0 spiro atoms. The lowest BCUT2D eigenvalue weighted by atomic mass is 10.2. The fourth-order valence-electron chi connectivity index (χ4n) is 1.46. The molecule has 16 heavy (non-hydrogen) atoms. The summed E-state index contributed by atoms with van der Waals surface area (Å²) >= 11 is 0. The van der Waals surface area contributed by atoms with Crippen LogP contribution in [0.2, 0.25) is 0 Å². The number of hydrogen-bond acceptors (Lipinski definition) is 3. The molecule has 1 unspecified atom stereocenters. The second-order valence-electron chi connectivity index (χ2n) is 3.76. The van der Waals surface area contributed by atoms with E-state index < -0.39 is 0 Å². The molecule has 1 amide bonds. The Hall–Kier alpha value is -1.42. The van der Waals surface area contributed by atoms with Gasteiger partial charge in [-0.05, 0) is 25.6 Å². The zero-order valence-corrected chi connectivity index (χ0v) is 9.86. The molecule has 1 aromatic rings. The summed E-state index contributed by atoms with van der Waals surface area (Å²) in [5.74, 6) is 0.0547. The fraction of sp³-hybridized carbons (Fsp3) is 0.500. The number of aromatic nitrogens is 1. The zero-order valence-electron chi connectivity index (χ0n) is 9.86. The van der Waals surface area contributed by atoms with E-state index in [0.717, 1.165) is 12.2 Å². The predicted molar refractivity (Wildman–Crippen MR) is 63.8 cm³/mol. The Kier molecular flexibility index (Phi) is 5.50. The topological polar surface area (TPSA) is 54.0 Å². The summed E-state index contributed by atoms with van der Waals surface area (Å²) in [7, 11) is 0. The molecule has 0 bridgehead atoms. The van der Waals surface area contributed by atoms with Gasteiger partial charge in [0.1, 0.15) is 0 Å². The van der Waals surface area contributed by atoms with Crippen LogP contribution in [0.25, 0.3) is 0 Å². The molecule has 1 heterocycles. The highest BCUT2D eigenvalue weighted by Crippen LogP contribution is 1.94. The molecule has 2 N–H and O–H groups in total. The quantitative estimate of drug-likeness (QED) is 0.756. The third-order valence-corrected chi connectivity index (χ3v) is 2.24. The van der Waals surface area contributed by atoms with Crippen molar-refractivity contribution in [3.63, 3.8) is 0 Å². The van der Waals surface area contributed by atoms with Gasteiger partial charge in [0.15, 0.2) is 0 Å². The zero-order chi connectivity index (χ0) is 11.8. The summed E-state index contributed by atoms with van der Waals surface area (Å²) in [5, 5.41) is 6.04. The van der Waals surface area contributed by atoms with Crippen LogP contribution in [-0.2, 0) is 11.3 Å². The highest BCUT2D eigenvalue weighted by molar-refractivity contribution is 5.76. The Morgan fingerprint density at radius 1 is 1.50 bits per heavy atom. The summed E-state index contributed by atoms with van der Waals surface area (Å²) in [6, 6.07) is 5.89. The van der Waals surface area contributed by atoms with Crippen molar-refractivity contribution in [2.24, 2.45) is 0 Å². The van der Waals surface area contributed by atoms with Crippen LogP contribution in [0.5, 0.6) is 0 Å². The van der Waals surface area contributed by atoms with Crippen LogP contribution in [0.3, 0.4) is 0 Å². The predicted octanol–water partition coefficient (Wildman–Crippen LogP) is 1.09. The van der Waals surface area contributed by atoms with E-state index in [2.05, 4.69) is 15.6 Å². The van der Waals surface area contributed by atoms with E-state index in [1.807, 2.05) is 32.0 Å². The van der Waals surface area contributed by atoms with Crippen molar-refractivity contribution in [2.75, 3.05) is 6.54 Å². The van der Waals surface area contributed by atoms with Gasteiger partial charge in [-0.15, -0.1) is 0 Å². The van der Waals surface area contributed by atoms with Crippen LogP contribution in [-0.4, -0.2) is 23.5 Å². The number of nitrogens with one attached hydrogen (secondary N) is 2. The molecule has 0 saturated carbocycles. The molecule has 0 fully saturated rings. The number of hydrogen-bond donors (Lipinski definition) is 2. The maximum atomic E-state index is 11.5. The van der Waals surface area contributed by atoms with E-state index in [4.69, 9.17) is 0 Å². The maximum absolute atomic E-state index is 11.5. The lowest BCUT2D eigenvalue weighted by Gasteiger charge is -2.11. The summed E-state index contributed by atoms with van der Waals surface area (Å²) < 4.78 is 0. The van der Waals surface area contributed by atoms with Crippen LogP contribution in [0.1, 0.15) is 26.0 Å². The largest absolute Gasteiger partial charge is 0.350 e. The van der Waals surface area contributed by atoms with Crippen molar-refractivity contribution in [2.45, 2.75) is 32.9 Å². The van der Waals surface area contributed by atoms with Crippen LogP contribution < -0.4 is 10.6 Å². The Morgan fingerprint density at radius 3 is 2.94 bits per heavy atom. The number of rotatable bonds is 6. The molecule has 0 radical (unpaired) electrons. The maximum Gasteiger partial charge on any atom is 0.221 e. The molecule has 88 valence electrons. The highest BCUT2D eigenvalue weighted by atomic mass is 16.1. The van der Waals surface area contributed by atoms with Crippen LogP contribution in [0.15, 0.2) is 24.4 Å². The summed E-state index contributed by atoms with van der Waals surface area (Å²) in [4.78, 5) is 15.7. The molecule has 4 nitrogen and oxygen atoms in total. The first kappa shape index (κ1) is 12.6. The van der Waals surface area contributed by atoms with Crippen molar-refractivity contribution in [1.29, 1.82) is 0 Å². The summed E-state index contributed by atoms with van der Waals surface area (Å²) in [6.07, 6.45) is 2.23. The normalized spacial score (nSPS) is 12.1. The van der Waals surface area contributed by atoms with Gasteiger partial charge in [0.05, 0.1) is 12.2 Å². The average Bonchev–Trinajstić information content (AvgIpc) is 2.28. The minimum absolute atomic E-state index is 0.0547. The van der Waals surface area contributed by atoms with Crippen molar-refractivity contribution < 1.29 is 4.79 Å². The van der Waals surface area contributed by atoms with Gasteiger partial charge in [0.25, 0.3) is 0 Å². The van der Waals surface area contributed by atoms with E-state index in [1.165, 1.54) is 0 Å². The Labute approximate surface area is 96.5 Å². The number of pyridine rings is 1. The standard InChI is InChI=1S/C12H19N3O/c1-3-13-10(2)8-12(16)15-9-11-6-4-5-7-14-11/h4-7,10,13H,3,8-9H2,1-2H3,(H,15,16). The number of carbonyl (C=O) groups excluding carboxylic acids is 1. The van der Waals surface area contributed by atoms with Gasteiger partial charge < -0.3 is 10.6 Å². The second kappa shape index (κ2) is 6.95. The minimum Gasteiger partial charge on any atom is -0.350 e. The molecule has 1 atom stereocenters. The molecule has 0 aliphatic heterocycles. The first-order valence-corrected chi connectivity index (χ1v) is 5.62. The van der Waals surface area contributed by atoms with Gasteiger partial charge in [0, 0.05) is 18.7 Å². The van der Waals surface area contributed by atoms with Crippen molar-refractivity contribution in [1.82, 2.24) is 15.6 Å². The second-order valence-corrected chi connectivity index (χ2v) is 3.76. The molecular weight excluding hydrogens is 202 g/mol. The third kappa shape index (κ3) is 4.89. The molecule has 0 aliphatic rings. The van der Waals surface area contributed by atoms with E-state index in [9.17, 15) is 4.79 Å². The van der Waals surface area contributed by atoms with Gasteiger partial charge in [-0.2, -0.15) is 0 Å². The van der Waals surface area contributed by atoms with Crippen LogP contribution in [0, 0.1) is 0 Å². The van der Waals surface area contributed by atoms with E-state index in [1.54, 1.807) is 6.20 Å². The number of amides is 1. The Balaban J connectivity index is 2.25. The summed E-state index contributed by atoms with van der Waals surface area (Å²) in [5.41, 5.74) is 0.881. The minimum atomic E-state index is 0.0547. The molecule has 1 rings (SSSR count). The van der Waals surface area contributed by atoms with E-state index >= 15 is 0 Å². The lowest BCUT2D eigenvalue weighted by molar-refractivity contribution is -0.121. The lowest BCUT2D eigenvalue weighted by Crippen LogP contribution is -2.33. The smallest absolute Gasteiger partial charge is 0.221 e. The SMILES string of the molecule is CCNC(C)CC(=O)NCc1ccccn1. The summed E-state index contributed by atoms with van der Waals surface area (Å²) in [6.45, 7) is 5.42. The third-order valence-electron chi connectivity index (χ3n) is 2.24. The van der Waals surface area contributed by atoms with Gasteiger partial charge in [-0.3, -0.25) is 9.78 Å². The van der Waals surface area contributed by atoms with Gasteiger partial charge >= 0.3 is 0 Å². The molecule has 4 heteroatoms. The molecule has 1 aromatic heterocycles. The van der Waals surface area contributed by atoms with E-state index in [0.29, 0.717) is 13.0 Å². The Bertz CT molecular complexity index is 313. The van der Waals surface area contributed by atoms with Gasteiger partial charge in [0.2, 0.25) is 5.91 Å². The van der Waals surface area contributed by atoms with Crippen molar-refractivity contribution in [3.8, 4) is 0 Å². The van der Waals surface area contributed by atoms with Gasteiger partial charge in [-0.1, -0.05) is 13.0 Å². The first-order chi connectivity index (χ1) is 7.72. The van der Waals surface area contributed by atoms with E-state index in [-0.39, 0.29) is 11.9 Å². The molecule has 0 saturated heterocycles. The van der Waals surface area contributed by atoms with Crippen LogP contribution in [0.4, 0.5) is 0 Å². The fourth-order valence-corrected chi connectivity index (χ4v) is 1.46. The monoisotopic (exact) mass is 221 g/mol. The molecule has 0 aromatic carbocycles. The van der Waals surface area contributed by atoms with Crippen molar-refractivity contribution >= 4 is 5.91 Å². The van der Waals surface area contributed by atoms with Crippen molar-refractivity contribution in [3.05, 3.63) is 30.1 Å². The molecular formula is C12H19N3O. The molecule has 0 aliphatic carbocycles. The number of carbonyl (C=O) groups is 1. The average molecular weight is 221 g/mol. The first-order valence-electron chi connectivity index (χ1n) is 5.62. The highest BCUT2D eigenvalue weighted by Gasteiger charge is 2.07. The Morgan fingerprint density at radius 2 is 2.31 bits per heavy atom. The number of nitrogens with zero attached hydrogens (tertiary/aromatic N) is 1. The van der Waals surface area contributed by atoms with Gasteiger partial charge in [-0.25, -0.2) is 0 Å².